The molecule has 3 aromatic heterocycles. The lowest BCUT2D eigenvalue weighted by Gasteiger charge is -2.36. The Morgan fingerprint density at radius 1 is 1.07 bits per heavy atom. The number of piperazine rings is 1. The number of aromatic amines is 1. The number of fused-ring (bicyclic) bond motifs is 3. The van der Waals surface area contributed by atoms with Crippen LogP contribution in [0.5, 0.6) is 5.88 Å². The van der Waals surface area contributed by atoms with Crippen LogP contribution >= 0.6 is 11.6 Å². The van der Waals surface area contributed by atoms with Gasteiger partial charge in [0.15, 0.2) is 5.65 Å². The second kappa shape index (κ2) is 8.01. The van der Waals surface area contributed by atoms with Crippen LogP contribution in [0.15, 0.2) is 59.5 Å². The van der Waals surface area contributed by atoms with Crippen LogP contribution in [0.25, 0.3) is 16.7 Å². The summed E-state index contributed by atoms with van der Waals surface area (Å²) in [4.78, 5) is 24.3. The quantitative estimate of drug-likeness (QED) is 0.534. The van der Waals surface area contributed by atoms with E-state index in [1.165, 1.54) is 5.69 Å². The molecule has 7 nitrogen and oxygen atoms in total. The summed E-state index contributed by atoms with van der Waals surface area (Å²) in [6.45, 7) is 5.29. The fraction of sp³-hybridized carbons (Fsp3) is 0.273. The summed E-state index contributed by atoms with van der Waals surface area (Å²) in [5, 5.41) is 0.771. The van der Waals surface area contributed by atoms with Crippen LogP contribution in [0, 0.1) is 0 Å². The van der Waals surface area contributed by atoms with Gasteiger partial charge in [-0.2, -0.15) is 4.98 Å². The number of nitrogens with zero attached hydrogens (tertiary/aromatic N) is 4. The van der Waals surface area contributed by atoms with Crippen molar-refractivity contribution < 1.29 is 4.74 Å². The molecule has 1 fully saturated rings. The maximum atomic E-state index is 12.1. The zero-order chi connectivity index (χ0) is 20.5. The molecule has 30 heavy (non-hydrogen) atoms. The standard InChI is InChI=1S/C22H22ClN5O2/c23-16-3-1-4-17(15-16)27-11-9-26(10-12-27)13-14-30-20-7-6-18-21(25-20)28-8-2-5-19(28)22(29)24-18/h1-8,15H,9-14H2,(H,24,29). The maximum absolute atomic E-state index is 12.1. The predicted molar refractivity (Wildman–Crippen MR) is 119 cm³/mol. The lowest BCUT2D eigenvalue weighted by atomic mass is 10.2. The number of H-pyrrole nitrogens is 1. The Labute approximate surface area is 178 Å². The van der Waals surface area contributed by atoms with Gasteiger partial charge in [-0.15, -0.1) is 0 Å². The number of ether oxygens (including phenoxy) is 1. The molecule has 1 saturated heterocycles. The van der Waals surface area contributed by atoms with Gasteiger partial charge in [-0.05, 0) is 36.4 Å². The summed E-state index contributed by atoms with van der Waals surface area (Å²) in [7, 11) is 0. The van der Waals surface area contributed by atoms with Crippen molar-refractivity contribution in [2.24, 2.45) is 0 Å². The maximum Gasteiger partial charge on any atom is 0.272 e. The minimum atomic E-state index is -0.125. The topological polar surface area (TPSA) is 65.9 Å². The highest BCUT2D eigenvalue weighted by Crippen LogP contribution is 2.21. The molecule has 8 heteroatoms. The molecule has 154 valence electrons. The van der Waals surface area contributed by atoms with E-state index in [9.17, 15) is 4.79 Å². The molecule has 1 aliphatic heterocycles. The van der Waals surface area contributed by atoms with Crippen molar-refractivity contribution in [2.75, 3.05) is 44.2 Å². The number of rotatable bonds is 5. The molecule has 0 saturated carbocycles. The van der Waals surface area contributed by atoms with E-state index in [1.807, 2.05) is 36.5 Å². The molecule has 1 N–H and O–H groups in total. The van der Waals surface area contributed by atoms with Crippen molar-refractivity contribution in [3.05, 3.63) is 70.1 Å². The molecule has 0 atom stereocenters. The fourth-order valence-corrected chi connectivity index (χ4v) is 4.10. The smallest absolute Gasteiger partial charge is 0.272 e. The van der Waals surface area contributed by atoms with Crippen LogP contribution in [0.2, 0.25) is 5.02 Å². The van der Waals surface area contributed by atoms with E-state index in [1.54, 1.807) is 16.5 Å². The molecule has 4 heterocycles. The van der Waals surface area contributed by atoms with Crippen molar-refractivity contribution in [3.63, 3.8) is 0 Å². The zero-order valence-electron chi connectivity index (χ0n) is 16.4. The van der Waals surface area contributed by atoms with Crippen molar-refractivity contribution in [1.29, 1.82) is 0 Å². The van der Waals surface area contributed by atoms with Gasteiger partial charge in [-0.25, -0.2) is 0 Å². The van der Waals surface area contributed by atoms with Gasteiger partial charge < -0.3 is 14.6 Å². The largest absolute Gasteiger partial charge is 0.476 e. The van der Waals surface area contributed by atoms with Gasteiger partial charge in [-0.1, -0.05) is 17.7 Å². The first-order valence-corrected chi connectivity index (χ1v) is 10.4. The van der Waals surface area contributed by atoms with E-state index in [4.69, 9.17) is 16.3 Å². The summed E-state index contributed by atoms with van der Waals surface area (Å²) >= 11 is 6.11. The van der Waals surface area contributed by atoms with E-state index in [-0.39, 0.29) is 5.56 Å². The third kappa shape index (κ3) is 3.74. The summed E-state index contributed by atoms with van der Waals surface area (Å²) in [6, 6.07) is 15.3. The van der Waals surface area contributed by atoms with Crippen molar-refractivity contribution >= 4 is 34.0 Å². The van der Waals surface area contributed by atoms with Crippen LogP contribution in [0.1, 0.15) is 0 Å². The summed E-state index contributed by atoms with van der Waals surface area (Å²) in [6.07, 6.45) is 1.84. The van der Waals surface area contributed by atoms with E-state index in [2.05, 4.69) is 25.8 Å². The Hall–Kier alpha value is -3.03. The minimum absolute atomic E-state index is 0.125. The number of hydrogen-bond acceptors (Lipinski definition) is 5. The number of pyridine rings is 1. The summed E-state index contributed by atoms with van der Waals surface area (Å²) in [5.41, 5.74) is 2.99. The average Bonchev–Trinajstić information content (AvgIpc) is 3.26. The Morgan fingerprint density at radius 2 is 1.93 bits per heavy atom. The lowest BCUT2D eigenvalue weighted by molar-refractivity contribution is 0.197. The molecule has 0 bridgehead atoms. The van der Waals surface area contributed by atoms with Gasteiger partial charge in [0.2, 0.25) is 5.88 Å². The number of anilines is 1. The number of halogens is 1. The summed E-state index contributed by atoms with van der Waals surface area (Å²) in [5.74, 6) is 0.558. The lowest BCUT2D eigenvalue weighted by Crippen LogP contribution is -2.47. The number of benzene rings is 1. The third-order valence-electron chi connectivity index (χ3n) is 5.51. The molecule has 0 amide bonds. The normalized spacial score (nSPS) is 15.2. The van der Waals surface area contributed by atoms with Crippen LogP contribution in [-0.4, -0.2) is 58.6 Å². The first-order valence-electron chi connectivity index (χ1n) is 10.0. The van der Waals surface area contributed by atoms with Crippen LogP contribution < -0.4 is 15.2 Å². The second-order valence-corrected chi connectivity index (χ2v) is 7.83. The zero-order valence-corrected chi connectivity index (χ0v) is 17.2. The van der Waals surface area contributed by atoms with E-state index in [0.29, 0.717) is 29.2 Å². The molecule has 5 rings (SSSR count). The Morgan fingerprint density at radius 3 is 2.77 bits per heavy atom. The van der Waals surface area contributed by atoms with Crippen LogP contribution in [0.3, 0.4) is 0 Å². The molecule has 0 unspecified atom stereocenters. The van der Waals surface area contributed by atoms with Crippen LogP contribution in [-0.2, 0) is 0 Å². The molecule has 4 aromatic rings. The third-order valence-corrected chi connectivity index (χ3v) is 5.75. The molecular weight excluding hydrogens is 402 g/mol. The number of hydrogen-bond donors (Lipinski definition) is 1. The van der Waals surface area contributed by atoms with E-state index < -0.39 is 0 Å². The van der Waals surface area contributed by atoms with E-state index >= 15 is 0 Å². The average molecular weight is 424 g/mol. The Kier molecular flexibility index (Phi) is 5.06. The Balaban J connectivity index is 1.19. The Bertz CT molecular complexity index is 1240. The minimum Gasteiger partial charge on any atom is -0.476 e. The van der Waals surface area contributed by atoms with Gasteiger partial charge in [0.1, 0.15) is 12.1 Å². The van der Waals surface area contributed by atoms with Crippen molar-refractivity contribution in [3.8, 4) is 5.88 Å². The molecule has 1 aliphatic rings. The molecule has 0 spiro atoms. The van der Waals surface area contributed by atoms with Gasteiger partial charge in [0.25, 0.3) is 5.56 Å². The monoisotopic (exact) mass is 423 g/mol. The van der Waals surface area contributed by atoms with Crippen molar-refractivity contribution in [1.82, 2.24) is 19.3 Å². The summed E-state index contributed by atoms with van der Waals surface area (Å²) < 4.78 is 7.70. The van der Waals surface area contributed by atoms with Gasteiger partial charge in [-0.3, -0.25) is 14.1 Å². The highest BCUT2D eigenvalue weighted by atomic mass is 35.5. The van der Waals surface area contributed by atoms with Crippen LogP contribution in [0.4, 0.5) is 5.69 Å². The van der Waals surface area contributed by atoms with Gasteiger partial charge >= 0.3 is 0 Å². The SMILES string of the molecule is O=c1[nH]c2ccc(OCCN3CCN(c4cccc(Cl)c4)CC3)nc2n2cccc12. The van der Waals surface area contributed by atoms with Crippen molar-refractivity contribution in [2.45, 2.75) is 0 Å². The molecular formula is C22H22ClN5O2. The molecule has 1 aromatic carbocycles. The molecule has 0 aliphatic carbocycles. The highest BCUT2D eigenvalue weighted by molar-refractivity contribution is 6.30. The molecule has 0 radical (unpaired) electrons. The van der Waals surface area contributed by atoms with Gasteiger partial charge in [0.05, 0.1) is 5.52 Å². The van der Waals surface area contributed by atoms with Gasteiger partial charge in [0, 0.05) is 55.7 Å². The number of nitrogens with one attached hydrogen (secondary N) is 1. The predicted octanol–water partition coefficient (Wildman–Crippen LogP) is 3.03. The first kappa shape index (κ1) is 19.0. The van der Waals surface area contributed by atoms with E-state index in [0.717, 1.165) is 37.7 Å². The highest BCUT2D eigenvalue weighted by Gasteiger charge is 2.17. The fourth-order valence-electron chi connectivity index (χ4n) is 3.91. The first-order chi connectivity index (χ1) is 14.7. The second-order valence-electron chi connectivity index (χ2n) is 7.40. The number of aromatic nitrogens is 3.